The Hall–Kier alpha value is -1.64. The van der Waals surface area contributed by atoms with Gasteiger partial charge in [0.05, 0.1) is 6.61 Å². The molecule has 0 amide bonds. The van der Waals surface area contributed by atoms with Crippen molar-refractivity contribution in [3.63, 3.8) is 0 Å². The first-order chi connectivity index (χ1) is 7.86. The highest BCUT2D eigenvalue weighted by Crippen LogP contribution is 1.95. The lowest BCUT2D eigenvalue weighted by molar-refractivity contribution is 0.282. The predicted molar refractivity (Wildman–Crippen MR) is 66.7 cm³/mol. The van der Waals surface area contributed by atoms with E-state index in [0.29, 0.717) is 6.54 Å². The van der Waals surface area contributed by atoms with Gasteiger partial charge in [0, 0.05) is 6.54 Å². The van der Waals surface area contributed by atoms with Crippen LogP contribution >= 0.6 is 0 Å². The summed E-state index contributed by atoms with van der Waals surface area (Å²) in [7, 11) is 0. The number of aliphatic hydroxyl groups is 1. The van der Waals surface area contributed by atoms with Crippen LogP contribution in [0.15, 0.2) is 60.7 Å². The monoisotopic (exact) mass is 215 g/mol. The molecule has 0 unspecified atom stereocenters. The van der Waals surface area contributed by atoms with Crippen LogP contribution in [0.25, 0.3) is 0 Å². The number of benzene rings is 2. The van der Waals surface area contributed by atoms with Crippen LogP contribution in [0, 0.1) is 0 Å². The molecule has 84 valence electrons. The first kappa shape index (κ1) is 12.4. The van der Waals surface area contributed by atoms with Crippen molar-refractivity contribution < 1.29 is 5.11 Å². The van der Waals surface area contributed by atoms with Gasteiger partial charge in [-0.05, 0) is 11.1 Å². The second-order valence-electron chi connectivity index (χ2n) is 3.33. The summed E-state index contributed by atoms with van der Waals surface area (Å²) in [5, 5.41) is 8.54. The topological polar surface area (TPSA) is 46.2 Å². The lowest BCUT2D eigenvalue weighted by Crippen LogP contribution is -1.94. The summed E-state index contributed by atoms with van der Waals surface area (Å²) >= 11 is 0. The molecule has 0 radical (unpaired) electrons. The van der Waals surface area contributed by atoms with E-state index in [4.69, 9.17) is 10.8 Å². The fourth-order valence-electron chi connectivity index (χ4n) is 1.20. The van der Waals surface area contributed by atoms with Crippen molar-refractivity contribution in [2.75, 3.05) is 0 Å². The fraction of sp³-hybridized carbons (Fsp3) is 0.143. The SMILES string of the molecule is NCc1ccccc1.OCc1ccccc1. The second-order valence-corrected chi connectivity index (χ2v) is 3.33. The van der Waals surface area contributed by atoms with Gasteiger partial charge in [0.1, 0.15) is 0 Å². The summed E-state index contributed by atoms with van der Waals surface area (Å²) < 4.78 is 0. The molecule has 0 aliphatic carbocycles. The molecule has 2 nitrogen and oxygen atoms in total. The van der Waals surface area contributed by atoms with Crippen molar-refractivity contribution in [1.29, 1.82) is 0 Å². The van der Waals surface area contributed by atoms with Crippen LogP contribution in [-0.4, -0.2) is 5.11 Å². The van der Waals surface area contributed by atoms with E-state index < -0.39 is 0 Å². The van der Waals surface area contributed by atoms with E-state index in [9.17, 15) is 0 Å². The van der Waals surface area contributed by atoms with E-state index in [1.54, 1.807) is 0 Å². The largest absolute Gasteiger partial charge is 0.392 e. The number of hydrogen-bond donors (Lipinski definition) is 2. The molecule has 0 aromatic heterocycles. The van der Waals surface area contributed by atoms with Gasteiger partial charge in [-0.1, -0.05) is 60.7 Å². The summed E-state index contributed by atoms with van der Waals surface area (Å²) in [4.78, 5) is 0. The molecule has 3 N–H and O–H groups in total. The molecule has 0 bridgehead atoms. The van der Waals surface area contributed by atoms with Gasteiger partial charge in [-0.25, -0.2) is 0 Å². The molecule has 0 heterocycles. The molecule has 0 fully saturated rings. The third kappa shape index (κ3) is 4.73. The van der Waals surface area contributed by atoms with Gasteiger partial charge in [0.25, 0.3) is 0 Å². The minimum atomic E-state index is 0.140. The first-order valence-corrected chi connectivity index (χ1v) is 5.25. The molecule has 0 atom stereocenters. The van der Waals surface area contributed by atoms with Crippen molar-refractivity contribution in [2.45, 2.75) is 13.2 Å². The molecular weight excluding hydrogens is 198 g/mol. The summed E-state index contributed by atoms with van der Waals surface area (Å²) in [6.45, 7) is 0.779. The van der Waals surface area contributed by atoms with E-state index in [0.717, 1.165) is 5.56 Å². The molecule has 2 rings (SSSR count). The minimum absolute atomic E-state index is 0.140. The lowest BCUT2D eigenvalue weighted by atomic mass is 10.2. The molecule has 0 aliphatic heterocycles. The Morgan fingerprint density at radius 1 is 0.750 bits per heavy atom. The van der Waals surface area contributed by atoms with Crippen molar-refractivity contribution >= 4 is 0 Å². The van der Waals surface area contributed by atoms with E-state index in [1.165, 1.54) is 5.56 Å². The lowest BCUT2D eigenvalue weighted by Gasteiger charge is -1.90. The van der Waals surface area contributed by atoms with Gasteiger partial charge in [-0.2, -0.15) is 0 Å². The number of hydrogen-bond acceptors (Lipinski definition) is 2. The Bertz CT molecular complexity index is 333. The Morgan fingerprint density at radius 2 is 1.19 bits per heavy atom. The van der Waals surface area contributed by atoms with Crippen LogP contribution in [0.3, 0.4) is 0 Å². The number of rotatable bonds is 2. The van der Waals surface area contributed by atoms with E-state index in [1.807, 2.05) is 60.7 Å². The molecule has 0 aliphatic rings. The molecule has 16 heavy (non-hydrogen) atoms. The molecule has 2 aromatic rings. The Kier molecular flexibility index (Phi) is 5.92. The summed E-state index contributed by atoms with van der Waals surface area (Å²) in [6.07, 6.45) is 0. The van der Waals surface area contributed by atoms with Crippen LogP contribution in [0.5, 0.6) is 0 Å². The fourth-order valence-corrected chi connectivity index (χ4v) is 1.20. The molecule has 2 heteroatoms. The highest BCUT2D eigenvalue weighted by atomic mass is 16.3. The highest BCUT2D eigenvalue weighted by Gasteiger charge is 1.81. The smallest absolute Gasteiger partial charge is 0.0681 e. The number of aliphatic hydroxyl groups excluding tert-OH is 1. The van der Waals surface area contributed by atoms with Gasteiger partial charge in [0.15, 0.2) is 0 Å². The summed E-state index contributed by atoms with van der Waals surface area (Å²) in [5.41, 5.74) is 7.50. The molecular formula is C14H17NO. The van der Waals surface area contributed by atoms with Crippen molar-refractivity contribution in [3.05, 3.63) is 71.8 Å². The zero-order chi connectivity index (χ0) is 11.6. The van der Waals surface area contributed by atoms with Gasteiger partial charge in [0.2, 0.25) is 0 Å². The van der Waals surface area contributed by atoms with Crippen LogP contribution in [-0.2, 0) is 13.2 Å². The van der Waals surface area contributed by atoms with E-state index in [2.05, 4.69) is 0 Å². The van der Waals surface area contributed by atoms with Gasteiger partial charge in [-0.3, -0.25) is 0 Å². The molecule has 2 aromatic carbocycles. The molecule has 0 saturated heterocycles. The Morgan fingerprint density at radius 3 is 1.44 bits per heavy atom. The maximum Gasteiger partial charge on any atom is 0.0681 e. The summed E-state index contributed by atoms with van der Waals surface area (Å²) in [5.74, 6) is 0. The van der Waals surface area contributed by atoms with E-state index in [-0.39, 0.29) is 6.61 Å². The zero-order valence-electron chi connectivity index (χ0n) is 9.21. The molecule has 0 spiro atoms. The third-order valence-electron chi connectivity index (χ3n) is 2.10. The second kappa shape index (κ2) is 7.63. The third-order valence-corrected chi connectivity index (χ3v) is 2.10. The average molecular weight is 215 g/mol. The zero-order valence-corrected chi connectivity index (χ0v) is 9.21. The maximum absolute atomic E-state index is 8.54. The van der Waals surface area contributed by atoms with E-state index >= 15 is 0 Å². The first-order valence-electron chi connectivity index (χ1n) is 5.25. The quantitative estimate of drug-likeness (QED) is 0.807. The maximum atomic E-state index is 8.54. The average Bonchev–Trinajstić information content (AvgIpc) is 2.41. The normalized spacial score (nSPS) is 9.12. The van der Waals surface area contributed by atoms with Crippen LogP contribution < -0.4 is 5.73 Å². The Balaban J connectivity index is 0.000000160. The van der Waals surface area contributed by atoms with Crippen LogP contribution in [0.1, 0.15) is 11.1 Å². The van der Waals surface area contributed by atoms with Gasteiger partial charge < -0.3 is 10.8 Å². The van der Waals surface area contributed by atoms with Crippen LogP contribution in [0.2, 0.25) is 0 Å². The van der Waals surface area contributed by atoms with Crippen molar-refractivity contribution in [1.82, 2.24) is 0 Å². The van der Waals surface area contributed by atoms with Gasteiger partial charge >= 0.3 is 0 Å². The minimum Gasteiger partial charge on any atom is -0.392 e. The Labute approximate surface area is 96.4 Å². The summed E-state index contributed by atoms with van der Waals surface area (Å²) in [6, 6.07) is 19.5. The van der Waals surface area contributed by atoms with Crippen molar-refractivity contribution in [2.24, 2.45) is 5.73 Å². The molecule has 0 saturated carbocycles. The number of nitrogens with two attached hydrogens (primary N) is 1. The highest BCUT2D eigenvalue weighted by molar-refractivity contribution is 5.14. The van der Waals surface area contributed by atoms with Crippen LogP contribution in [0.4, 0.5) is 0 Å². The predicted octanol–water partition coefficient (Wildman–Crippen LogP) is 2.32. The van der Waals surface area contributed by atoms with Crippen molar-refractivity contribution in [3.8, 4) is 0 Å². The standard InChI is InChI=1S/C7H9N.C7H8O/c2*8-6-7-4-2-1-3-5-7/h1-5H,6,8H2;1-5,8H,6H2. The van der Waals surface area contributed by atoms with Gasteiger partial charge in [-0.15, -0.1) is 0 Å².